The van der Waals surface area contributed by atoms with Crippen LogP contribution in [0.3, 0.4) is 0 Å². The Morgan fingerprint density at radius 1 is 1.03 bits per heavy atom. The Morgan fingerprint density at radius 3 is 2.17 bits per heavy atom. The van der Waals surface area contributed by atoms with Crippen LogP contribution in [0.1, 0.15) is 46.4 Å². The molecule has 30 heavy (non-hydrogen) atoms. The van der Waals surface area contributed by atoms with Crippen molar-refractivity contribution in [1.29, 1.82) is 0 Å². The molecule has 0 aliphatic heterocycles. The van der Waals surface area contributed by atoms with E-state index in [1.807, 2.05) is 0 Å². The summed E-state index contributed by atoms with van der Waals surface area (Å²) in [5, 5.41) is 11.2. The van der Waals surface area contributed by atoms with E-state index in [2.05, 4.69) is 0 Å². The lowest BCUT2D eigenvalue weighted by Crippen LogP contribution is -2.24. The summed E-state index contributed by atoms with van der Waals surface area (Å²) in [6.45, 7) is 5.19. The van der Waals surface area contributed by atoms with Gasteiger partial charge in [-0.15, -0.1) is 11.3 Å². The lowest BCUT2D eigenvalue weighted by Gasteiger charge is -2.20. The van der Waals surface area contributed by atoms with E-state index in [-0.39, 0.29) is 26.9 Å². The third-order valence-electron chi connectivity index (χ3n) is 4.15. The number of nitro groups is 1. The number of ketones is 1. The van der Waals surface area contributed by atoms with Crippen molar-refractivity contribution in [2.24, 2.45) is 0 Å². The van der Waals surface area contributed by atoms with Gasteiger partial charge in [-0.05, 0) is 38.5 Å². The van der Waals surface area contributed by atoms with Gasteiger partial charge in [0.15, 0.2) is 0 Å². The van der Waals surface area contributed by atoms with Crippen molar-refractivity contribution in [1.82, 2.24) is 0 Å². The molecular formula is C22H20N2O5S. The molecule has 1 heterocycles. The summed E-state index contributed by atoms with van der Waals surface area (Å²) in [6.07, 6.45) is 0. The highest BCUT2D eigenvalue weighted by atomic mass is 32.1. The van der Waals surface area contributed by atoms with E-state index in [0.717, 1.165) is 11.3 Å². The van der Waals surface area contributed by atoms with E-state index >= 15 is 0 Å². The van der Waals surface area contributed by atoms with Gasteiger partial charge in [0.1, 0.15) is 16.2 Å². The number of nitro benzene ring substituents is 1. The number of anilines is 1. The summed E-state index contributed by atoms with van der Waals surface area (Å²) >= 11 is 0.997. The Balaban J connectivity index is 2.20. The van der Waals surface area contributed by atoms with Gasteiger partial charge in [0.05, 0.1) is 9.80 Å². The zero-order valence-corrected chi connectivity index (χ0v) is 17.5. The van der Waals surface area contributed by atoms with Crippen LogP contribution in [0, 0.1) is 10.1 Å². The Kier molecular flexibility index (Phi) is 5.71. The second kappa shape index (κ2) is 8.08. The Bertz CT molecular complexity index is 1110. The summed E-state index contributed by atoms with van der Waals surface area (Å²) in [6, 6.07) is 14.2. The molecule has 0 saturated heterocycles. The number of hydrogen-bond acceptors (Lipinski definition) is 7. The summed E-state index contributed by atoms with van der Waals surface area (Å²) in [7, 11) is 0. The van der Waals surface area contributed by atoms with Crippen LogP contribution in [-0.2, 0) is 4.74 Å². The first-order valence-corrected chi connectivity index (χ1v) is 9.90. The van der Waals surface area contributed by atoms with Crippen LogP contribution >= 0.6 is 11.3 Å². The van der Waals surface area contributed by atoms with Crippen molar-refractivity contribution in [3.63, 3.8) is 0 Å². The lowest BCUT2D eigenvalue weighted by atomic mass is 9.97. The first-order valence-electron chi connectivity index (χ1n) is 9.08. The van der Waals surface area contributed by atoms with Crippen molar-refractivity contribution in [2.75, 3.05) is 5.73 Å². The normalized spacial score (nSPS) is 11.2. The average Bonchev–Trinajstić information content (AvgIpc) is 3.04. The SMILES string of the molecule is CC(C)(C)OC(=O)c1c(N)sc(C(=O)c2ccccc2)c1-c1ccc([N+](=O)[O-])cc1. The minimum Gasteiger partial charge on any atom is -0.456 e. The molecule has 0 saturated carbocycles. The molecular weight excluding hydrogens is 404 g/mol. The van der Waals surface area contributed by atoms with Crippen LogP contribution in [0.25, 0.3) is 11.1 Å². The molecule has 1 aromatic heterocycles. The molecule has 7 nitrogen and oxygen atoms in total. The molecule has 2 aromatic carbocycles. The third kappa shape index (κ3) is 4.38. The maximum atomic E-state index is 13.2. The number of esters is 1. The smallest absolute Gasteiger partial charge is 0.342 e. The number of thiophene rings is 1. The van der Waals surface area contributed by atoms with E-state index in [1.165, 1.54) is 24.3 Å². The molecule has 0 amide bonds. The van der Waals surface area contributed by atoms with Gasteiger partial charge in [0.25, 0.3) is 5.69 Å². The van der Waals surface area contributed by atoms with E-state index in [9.17, 15) is 19.7 Å². The Hall–Kier alpha value is -3.52. The molecule has 0 aliphatic carbocycles. The summed E-state index contributed by atoms with van der Waals surface area (Å²) < 4.78 is 5.50. The van der Waals surface area contributed by atoms with Crippen molar-refractivity contribution < 1.29 is 19.2 Å². The third-order valence-corrected chi connectivity index (χ3v) is 5.17. The minimum absolute atomic E-state index is 0.0862. The number of non-ortho nitro benzene ring substituents is 1. The molecule has 0 bridgehead atoms. The first-order chi connectivity index (χ1) is 14.1. The molecule has 0 radical (unpaired) electrons. The Morgan fingerprint density at radius 2 is 1.63 bits per heavy atom. The van der Waals surface area contributed by atoms with E-state index < -0.39 is 16.5 Å². The quantitative estimate of drug-likeness (QED) is 0.264. The predicted molar refractivity (Wildman–Crippen MR) is 116 cm³/mol. The average molecular weight is 424 g/mol. The number of nitrogen functional groups attached to an aromatic ring is 1. The monoisotopic (exact) mass is 424 g/mol. The molecule has 3 aromatic rings. The summed E-state index contributed by atoms with van der Waals surface area (Å²) in [5.74, 6) is -0.952. The number of benzene rings is 2. The van der Waals surface area contributed by atoms with Gasteiger partial charge in [-0.25, -0.2) is 4.79 Å². The highest BCUT2D eigenvalue weighted by Crippen LogP contribution is 2.41. The van der Waals surface area contributed by atoms with E-state index in [4.69, 9.17) is 10.5 Å². The van der Waals surface area contributed by atoms with Crippen LogP contribution in [0.4, 0.5) is 10.7 Å². The largest absolute Gasteiger partial charge is 0.456 e. The molecule has 0 spiro atoms. The Labute approximate surface area is 177 Å². The van der Waals surface area contributed by atoms with E-state index in [0.29, 0.717) is 16.7 Å². The second-order valence-corrected chi connectivity index (χ2v) is 8.60. The number of carbonyl (C=O) groups excluding carboxylic acids is 2. The molecule has 3 rings (SSSR count). The minimum atomic E-state index is -0.762. The fraction of sp³-hybridized carbons (Fsp3) is 0.182. The highest BCUT2D eigenvalue weighted by molar-refractivity contribution is 7.19. The second-order valence-electron chi connectivity index (χ2n) is 7.55. The number of carbonyl (C=O) groups is 2. The number of ether oxygens (including phenoxy) is 1. The predicted octanol–water partition coefficient (Wildman–Crippen LogP) is 5.09. The van der Waals surface area contributed by atoms with Crippen molar-refractivity contribution >= 4 is 33.8 Å². The van der Waals surface area contributed by atoms with Crippen molar-refractivity contribution in [3.8, 4) is 11.1 Å². The van der Waals surface area contributed by atoms with Gasteiger partial charge in [-0.1, -0.05) is 30.3 Å². The standard InChI is InChI=1S/C22H20N2O5S/c1-22(2,3)29-21(26)17-16(13-9-11-15(12-10-13)24(27)28)19(30-20(17)23)18(25)14-7-5-4-6-8-14/h4-12H,23H2,1-3H3. The van der Waals surface area contributed by atoms with Gasteiger partial charge in [-0.3, -0.25) is 14.9 Å². The molecule has 154 valence electrons. The maximum absolute atomic E-state index is 13.2. The lowest BCUT2D eigenvalue weighted by molar-refractivity contribution is -0.384. The molecule has 0 fully saturated rings. The zero-order valence-electron chi connectivity index (χ0n) is 16.7. The molecule has 8 heteroatoms. The van der Waals surface area contributed by atoms with Crippen LogP contribution < -0.4 is 5.73 Å². The first kappa shape index (κ1) is 21.2. The fourth-order valence-corrected chi connectivity index (χ4v) is 3.93. The molecule has 2 N–H and O–H groups in total. The van der Waals surface area contributed by atoms with Crippen LogP contribution in [0.5, 0.6) is 0 Å². The van der Waals surface area contributed by atoms with E-state index in [1.54, 1.807) is 51.1 Å². The van der Waals surface area contributed by atoms with Gasteiger partial charge in [0, 0.05) is 23.3 Å². The topological polar surface area (TPSA) is 113 Å². The van der Waals surface area contributed by atoms with Crippen LogP contribution in [-0.4, -0.2) is 22.3 Å². The molecule has 0 unspecified atom stereocenters. The van der Waals surface area contributed by atoms with Crippen molar-refractivity contribution in [3.05, 3.63) is 80.7 Å². The van der Waals surface area contributed by atoms with Crippen molar-refractivity contribution in [2.45, 2.75) is 26.4 Å². The summed E-state index contributed by atoms with van der Waals surface area (Å²) in [5.41, 5.74) is 6.60. The molecule has 0 aliphatic rings. The van der Waals surface area contributed by atoms with Gasteiger partial charge >= 0.3 is 5.97 Å². The van der Waals surface area contributed by atoms with Crippen LogP contribution in [0.2, 0.25) is 0 Å². The number of rotatable bonds is 5. The molecule has 0 atom stereocenters. The van der Waals surface area contributed by atoms with Crippen LogP contribution in [0.15, 0.2) is 54.6 Å². The maximum Gasteiger partial charge on any atom is 0.342 e. The highest BCUT2D eigenvalue weighted by Gasteiger charge is 2.30. The van der Waals surface area contributed by atoms with Gasteiger partial charge in [0.2, 0.25) is 5.78 Å². The number of hydrogen-bond donors (Lipinski definition) is 1. The zero-order chi connectivity index (χ0) is 22.1. The fourth-order valence-electron chi connectivity index (χ4n) is 2.89. The number of nitrogens with zero attached hydrogens (tertiary/aromatic N) is 1. The number of nitrogens with two attached hydrogens (primary N) is 1. The summed E-state index contributed by atoms with van der Waals surface area (Å²) in [4.78, 5) is 36.8. The van der Waals surface area contributed by atoms with Gasteiger partial charge < -0.3 is 10.5 Å². The van der Waals surface area contributed by atoms with Gasteiger partial charge in [-0.2, -0.15) is 0 Å².